The molecule has 0 atom stereocenters. The van der Waals surface area contributed by atoms with Gasteiger partial charge in [-0.1, -0.05) is 194 Å². The third-order valence-corrected chi connectivity index (χ3v) is 13.0. The van der Waals surface area contributed by atoms with E-state index in [2.05, 4.69) is 124 Å². The SMILES string of the molecule is CCCCCCCCCCCCCCCCCCOc1cc(C)c(N=P(c2ccccc2)(c2ccccc2)c2ccccc2)c(C)c1. The number of aryl methyl sites for hydroxylation is 2. The van der Waals surface area contributed by atoms with Gasteiger partial charge in [-0.25, -0.2) is 0 Å². The zero-order chi connectivity index (χ0) is 33.0. The van der Waals surface area contributed by atoms with Gasteiger partial charge in [0.25, 0.3) is 0 Å². The first-order valence-corrected chi connectivity index (χ1v) is 20.4. The Morgan fingerprint density at radius 2 is 0.809 bits per heavy atom. The van der Waals surface area contributed by atoms with Crippen molar-refractivity contribution < 1.29 is 4.74 Å². The summed E-state index contributed by atoms with van der Waals surface area (Å²) in [6.45, 7) is 7.44. The van der Waals surface area contributed by atoms with E-state index in [0.717, 1.165) is 24.5 Å². The molecule has 0 aliphatic carbocycles. The summed E-state index contributed by atoms with van der Waals surface area (Å²) in [5.74, 6) is 0.961. The summed E-state index contributed by atoms with van der Waals surface area (Å²) in [6.07, 6.45) is 22.1. The molecule has 0 heterocycles. The maximum atomic E-state index is 6.29. The van der Waals surface area contributed by atoms with Gasteiger partial charge >= 0.3 is 0 Å². The molecule has 0 spiro atoms. The second-order valence-corrected chi connectivity index (χ2v) is 16.3. The van der Waals surface area contributed by atoms with E-state index in [1.807, 2.05) is 0 Å². The van der Waals surface area contributed by atoms with Crippen LogP contribution < -0.4 is 20.7 Å². The molecule has 4 rings (SSSR count). The largest absolute Gasteiger partial charge is 0.494 e. The lowest BCUT2D eigenvalue weighted by atomic mass is 10.0. The van der Waals surface area contributed by atoms with Crippen LogP contribution in [0.15, 0.2) is 108 Å². The average Bonchev–Trinajstić information content (AvgIpc) is 3.11. The number of ether oxygens (including phenoxy) is 1. The van der Waals surface area contributed by atoms with E-state index in [1.54, 1.807) is 0 Å². The van der Waals surface area contributed by atoms with Crippen molar-refractivity contribution in [3.8, 4) is 5.75 Å². The summed E-state index contributed by atoms with van der Waals surface area (Å²) < 4.78 is 12.1. The Hall–Kier alpha value is -3.09. The van der Waals surface area contributed by atoms with E-state index in [1.165, 1.54) is 123 Å². The minimum absolute atomic E-state index is 0.781. The van der Waals surface area contributed by atoms with Crippen molar-refractivity contribution in [2.75, 3.05) is 6.61 Å². The molecule has 0 N–H and O–H groups in total. The molecule has 0 unspecified atom stereocenters. The molecule has 0 amide bonds. The highest BCUT2D eigenvalue weighted by Crippen LogP contribution is 2.50. The maximum absolute atomic E-state index is 6.29. The lowest BCUT2D eigenvalue weighted by molar-refractivity contribution is 0.304. The number of rotatable bonds is 22. The maximum Gasteiger partial charge on any atom is 0.119 e. The van der Waals surface area contributed by atoms with Gasteiger partial charge in [0.1, 0.15) is 5.75 Å². The summed E-state index contributed by atoms with van der Waals surface area (Å²) in [4.78, 5) is 0. The Kier molecular flexibility index (Phi) is 16.4. The van der Waals surface area contributed by atoms with Gasteiger partial charge in [0.15, 0.2) is 0 Å². The number of nitrogens with zero attached hydrogens (tertiary/aromatic N) is 1. The van der Waals surface area contributed by atoms with Crippen LogP contribution in [0, 0.1) is 13.8 Å². The highest BCUT2D eigenvalue weighted by molar-refractivity contribution is 7.87. The Morgan fingerprint density at radius 3 is 1.17 bits per heavy atom. The second-order valence-electron chi connectivity index (χ2n) is 13.3. The topological polar surface area (TPSA) is 21.6 Å². The summed E-state index contributed by atoms with van der Waals surface area (Å²) in [5, 5.41) is 3.79. The van der Waals surface area contributed by atoms with Crippen LogP contribution >= 0.6 is 7.05 Å². The van der Waals surface area contributed by atoms with Crippen LogP contribution in [0.4, 0.5) is 5.69 Å². The fourth-order valence-corrected chi connectivity index (χ4v) is 10.4. The smallest absolute Gasteiger partial charge is 0.119 e. The summed E-state index contributed by atoms with van der Waals surface area (Å²) >= 11 is 0. The predicted molar refractivity (Wildman–Crippen MR) is 208 cm³/mol. The van der Waals surface area contributed by atoms with Crippen molar-refractivity contribution in [1.82, 2.24) is 0 Å². The molecule has 0 aliphatic rings. The van der Waals surface area contributed by atoms with Gasteiger partial charge in [0.05, 0.1) is 19.3 Å². The van der Waals surface area contributed by atoms with Crippen LogP contribution in [0.5, 0.6) is 5.75 Å². The molecule has 2 nitrogen and oxygen atoms in total. The number of hydrogen-bond donors (Lipinski definition) is 0. The van der Waals surface area contributed by atoms with Crippen LogP contribution in [-0.2, 0) is 0 Å². The number of hydrogen-bond acceptors (Lipinski definition) is 2. The third-order valence-electron chi connectivity index (χ3n) is 9.37. The Bertz CT molecular complexity index is 1340. The van der Waals surface area contributed by atoms with Gasteiger partial charge in [0, 0.05) is 15.9 Å². The molecule has 0 bridgehead atoms. The molecule has 0 aromatic heterocycles. The summed E-state index contributed by atoms with van der Waals surface area (Å²) in [7, 11) is -2.32. The Morgan fingerprint density at radius 1 is 0.468 bits per heavy atom. The van der Waals surface area contributed by atoms with Crippen molar-refractivity contribution in [2.45, 2.75) is 124 Å². The van der Waals surface area contributed by atoms with E-state index in [0.29, 0.717) is 0 Å². The van der Waals surface area contributed by atoms with E-state index in [-0.39, 0.29) is 0 Å². The monoisotopic (exact) mass is 649 g/mol. The van der Waals surface area contributed by atoms with Crippen molar-refractivity contribution in [3.05, 3.63) is 114 Å². The zero-order valence-corrected chi connectivity index (χ0v) is 30.5. The van der Waals surface area contributed by atoms with Gasteiger partial charge in [-0.15, -0.1) is 0 Å². The Labute approximate surface area is 287 Å². The Balaban J connectivity index is 1.29. The molecule has 47 heavy (non-hydrogen) atoms. The average molecular weight is 650 g/mol. The van der Waals surface area contributed by atoms with E-state index < -0.39 is 7.05 Å². The van der Waals surface area contributed by atoms with Crippen LogP contribution in [-0.4, -0.2) is 6.61 Å². The lowest BCUT2D eigenvalue weighted by Crippen LogP contribution is -2.25. The van der Waals surface area contributed by atoms with Gasteiger partial charge in [-0.3, -0.25) is 4.74 Å². The molecule has 0 aliphatic heterocycles. The molecule has 3 heteroatoms. The van der Waals surface area contributed by atoms with Crippen molar-refractivity contribution in [1.29, 1.82) is 0 Å². The van der Waals surface area contributed by atoms with Crippen LogP contribution in [0.1, 0.15) is 121 Å². The molecular weight excluding hydrogens is 589 g/mol. The van der Waals surface area contributed by atoms with E-state index >= 15 is 0 Å². The standard InChI is InChI=1S/C44H60NOP/c1-4-5-6-7-8-9-10-11-12-13-14-15-16-17-18-28-35-46-40-36-38(2)44(39(3)37-40)45-47(41-29-22-19-23-30-41,42-31-24-20-25-32-42)43-33-26-21-27-34-43/h19-27,29-34,36-37H,4-18,28,35H2,1-3H3. The first kappa shape index (κ1) is 36.7. The molecule has 0 saturated heterocycles. The van der Waals surface area contributed by atoms with Gasteiger partial charge < -0.3 is 4.74 Å². The first-order valence-electron chi connectivity index (χ1n) is 18.7. The highest BCUT2D eigenvalue weighted by Gasteiger charge is 2.28. The summed E-state index contributed by atoms with van der Waals surface area (Å²) in [6, 6.07) is 37.0. The summed E-state index contributed by atoms with van der Waals surface area (Å²) in [5.41, 5.74) is 3.41. The quantitative estimate of drug-likeness (QED) is 0.0613. The minimum atomic E-state index is -2.32. The number of benzene rings is 4. The molecule has 4 aromatic rings. The zero-order valence-electron chi connectivity index (χ0n) is 29.6. The molecule has 4 aromatic carbocycles. The minimum Gasteiger partial charge on any atom is -0.494 e. The molecule has 0 radical (unpaired) electrons. The fourth-order valence-electron chi connectivity index (χ4n) is 6.70. The van der Waals surface area contributed by atoms with Gasteiger partial charge in [0.2, 0.25) is 0 Å². The van der Waals surface area contributed by atoms with Crippen LogP contribution in [0.2, 0.25) is 0 Å². The highest BCUT2D eigenvalue weighted by atomic mass is 31.2. The van der Waals surface area contributed by atoms with Crippen LogP contribution in [0.3, 0.4) is 0 Å². The molecular formula is C44H60NOP. The first-order chi connectivity index (χ1) is 23.1. The van der Waals surface area contributed by atoms with Crippen molar-refractivity contribution in [2.24, 2.45) is 4.74 Å². The van der Waals surface area contributed by atoms with Crippen LogP contribution in [0.25, 0.3) is 0 Å². The third kappa shape index (κ3) is 11.5. The molecule has 0 fully saturated rings. The van der Waals surface area contributed by atoms with Gasteiger partial charge in [-0.05, 0) is 43.5 Å². The van der Waals surface area contributed by atoms with E-state index in [4.69, 9.17) is 9.48 Å². The van der Waals surface area contributed by atoms with E-state index in [9.17, 15) is 0 Å². The molecule has 0 saturated carbocycles. The predicted octanol–water partition coefficient (Wildman–Crippen LogP) is 12.8. The second kappa shape index (κ2) is 21.0. The van der Waals surface area contributed by atoms with Crippen molar-refractivity contribution in [3.63, 3.8) is 0 Å². The normalized spacial score (nSPS) is 11.5. The lowest BCUT2D eigenvalue weighted by Gasteiger charge is -2.27. The van der Waals surface area contributed by atoms with Crippen molar-refractivity contribution >= 4 is 28.7 Å². The van der Waals surface area contributed by atoms with Gasteiger partial charge in [-0.2, -0.15) is 0 Å². The number of unbranched alkanes of at least 4 members (excludes halogenated alkanes) is 15. The molecule has 252 valence electrons. The fraction of sp³-hybridized carbons (Fsp3) is 0.455.